The highest BCUT2D eigenvalue weighted by molar-refractivity contribution is 5.94. The lowest BCUT2D eigenvalue weighted by Crippen LogP contribution is -2.23. The summed E-state index contributed by atoms with van der Waals surface area (Å²) < 4.78 is 7.25. The number of benzene rings is 1. The number of nitrogens with zero attached hydrogens (tertiary/aromatic N) is 3. The molecule has 6 heteroatoms. The van der Waals surface area contributed by atoms with Crippen LogP contribution in [0.2, 0.25) is 0 Å². The first kappa shape index (κ1) is 17.8. The molecule has 26 heavy (non-hydrogen) atoms. The summed E-state index contributed by atoms with van der Waals surface area (Å²) >= 11 is 0. The largest absolute Gasteiger partial charge is 0.374 e. The summed E-state index contributed by atoms with van der Waals surface area (Å²) in [4.78, 5) is 16.8. The van der Waals surface area contributed by atoms with Gasteiger partial charge in [0.25, 0.3) is 5.91 Å². The zero-order valence-electron chi connectivity index (χ0n) is 14.9. The molecule has 0 saturated heterocycles. The van der Waals surface area contributed by atoms with E-state index in [1.54, 1.807) is 17.1 Å². The van der Waals surface area contributed by atoms with Gasteiger partial charge in [0.05, 0.1) is 12.7 Å². The van der Waals surface area contributed by atoms with Crippen LogP contribution in [0.3, 0.4) is 0 Å². The predicted molar refractivity (Wildman–Crippen MR) is 98.9 cm³/mol. The van der Waals surface area contributed by atoms with Gasteiger partial charge in [-0.3, -0.25) is 4.79 Å². The number of aromatic nitrogens is 3. The minimum absolute atomic E-state index is 0.128. The van der Waals surface area contributed by atoms with Gasteiger partial charge in [0.15, 0.2) is 5.82 Å². The van der Waals surface area contributed by atoms with Crippen LogP contribution in [0.4, 0.5) is 0 Å². The summed E-state index contributed by atoms with van der Waals surface area (Å²) in [6, 6.07) is 13.1. The van der Waals surface area contributed by atoms with Crippen LogP contribution >= 0.6 is 0 Å². The monoisotopic (exact) mass is 350 g/mol. The smallest absolute Gasteiger partial charge is 0.251 e. The Morgan fingerprint density at radius 2 is 1.96 bits per heavy atom. The summed E-state index contributed by atoms with van der Waals surface area (Å²) in [5.41, 5.74) is 2.55. The van der Waals surface area contributed by atoms with Crippen molar-refractivity contribution >= 4 is 5.91 Å². The van der Waals surface area contributed by atoms with Crippen molar-refractivity contribution in [2.24, 2.45) is 0 Å². The fourth-order valence-electron chi connectivity index (χ4n) is 2.46. The maximum Gasteiger partial charge on any atom is 0.251 e. The van der Waals surface area contributed by atoms with E-state index in [1.807, 2.05) is 62.5 Å². The van der Waals surface area contributed by atoms with Crippen LogP contribution < -0.4 is 5.32 Å². The van der Waals surface area contributed by atoms with Gasteiger partial charge in [-0.05, 0) is 43.7 Å². The maximum atomic E-state index is 12.4. The molecule has 0 aliphatic carbocycles. The standard InChI is InChI=1S/C20H22N4O2/c1-15(2)26-14-16-6-8-17(9-7-16)20(25)22-13-18-5-3-10-21-19(18)24-12-4-11-23-24/h3-12,15H,13-14H2,1-2H3,(H,22,25). The van der Waals surface area contributed by atoms with Gasteiger partial charge < -0.3 is 10.1 Å². The molecule has 0 spiro atoms. The molecule has 0 unspecified atom stereocenters. The van der Waals surface area contributed by atoms with E-state index in [4.69, 9.17) is 4.74 Å². The first-order chi connectivity index (χ1) is 12.6. The second kappa shape index (κ2) is 8.40. The Bertz CT molecular complexity index is 843. The SMILES string of the molecule is CC(C)OCc1ccc(C(=O)NCc2cccnc2-n2cccn2)cc1. The van der Waals surface area contributed by atoms with Crippen molar-refractivity contribution in [3.05, 3.63) is 77.7 Å². The zero-order chi connectivity index (χ0) is 18.4. The summed E-state index contributed by atoms with van der Waals surface area (Å²) in [5, 5.41) is 7.14. The fraction of sp³-hybridized carbons (Fsp3) is 0.250. The molecule has 1 amide bonds. The van der Waals surface area contributed by atoms with E-state index in [0.717, 1.165) is 11.1 Å². The number of pyridine rings is 1. The van der Waals surface area contributed by atoms with Crippen LogP contribution in [0.5, 0.6) is 0 Å². The number of amides is 1. The van der Waals surface area contributed by atoms with Gasteiger partial charge in [0.1, 0.15) is 0 Å². The molecule has 0 aliphatic rings. The van der Waals surface area contributed by atoms with Crippen molar-refractivity contribution < 1.29 is 9.53 Å². The van der Waals surface area contributed by atoms with E-state index in [1.165, 1.54) is 0 Å². The Balaban J connectivity index is 1.63. The number of carbonyl (C=O) groups excluding carboxylic acids is 1. The molecule has 6 nitrogen and oxygen atoms in total. The third kappa shape index (κ3) is 4.55. The number of hydrogen-bond acceptors (Lipinski definition) is 4. The first-order valence-corrected chi connectivity index (χ1v) is 8.56. The van der Waals surface area contributed by atoms with E-state index in [9.17, 15) is 4.79 Å². The van der Waals surface area contributed by atoms with Crippen LogP contribution in [-0.2, 0) is 17.9 Å². The van der Waals surface area contributed by atoms with Crippen molar-refractivity contribution in [1.29, 1.82) is 0 Å². The fourth-order valence-corrected chi connectivity index (χ4v) is 2.46. The van der Waals surface area contributed by atoms with Gasteiger partial charge in [-0.2, -0.15) is 5.10 Å². The van der Waals surface area contributed by atoms with Gasteiger partial charge in [0.2, 0.25) is 0 Å². The zero-order valence-corrected chi connectivity index (χ0v) is 14.9. The minimum Gasteiger partial charge on any atom is -0.374 e. The second-order valence-corrected chi connectivity index (χ2v) is 6.18. The molecule has 134 valence electrons. The Kier molecular flexibility index (Phi) is 5.76. The van der Waals surface area contributed by atoms with Gasteiger partial charge in [0, 0.05) is 36.3 Å². The normalized spacial score (nSPS) is 10.9. The average Bonchev–Trinajstić information content (AvgIpc) is 3.19. The molecule has 3 rings (SSSR count). The summed E-state index contributed by atoms with van der Waals surface area (Å²) in [5.74, 6) is 0.579. The van der Waals surface area contributed by atoms with Crippen molar-refractivity contribution in [2.45, 2.75) is 33.1 Å². The van der Waals surface area contributed by atoms with Gasteiger partial charge in [-0.1, -0.05) is 18.2 Å². The Labute approximate surface area is 152 Å². The molecule has 2 heterocycles. The number of rotatable bonds is 7. The van der Waals surface area contributed by atoms with E-state index >= 15 is 0 Å². The molecule has 0 fully saturated rings. The van der Waals surface area contributed by atoms with Crippen molar-refractivity contribution in [3.63, 3.8) is 0 Å². The van der Waals surface area contributed by atoms with Crippen molar-refractivity contribution in [2.75, 3.05) is 0 Å². The Morgan fingerprint density at radius 3 is 2.65 bits per heavy atom. The van der Waals surface area contributed by atoms with Crippen LogP contribution in [0, 0.1) is 0 Å². The third-order valence-electron chi connectivity index (χ3n) is 3.83. The third-order valence-corrected chi connectivity index (χ3v) is 3.83. The lowest BCUT2D eigenvalue weighted by atomic mass is 10.1. The molecule has 2 aromatic heterocycles. The van der Waals surface area contributed by atoms with Crippen molar-refractivity contribution in [3.8, 4) is 5.82 Å². The topological polar surface area (TPSA) is 69.0 Å². The Morgan fingerprint density at radius 1 is 1.15 bits per heavy atom. The molecule has 1 N–H and O–H groups in total. The highest BCUT2D eigenvalue weighted by Crippen LogP contribution is 2.11. The maximum absolute atomic E-state index is 12.4. The van der Waals surface area contributed by atoms with E-state index in [-0.39, 0.29) is 12.0 Å². The number of carbonyl (C=O) groups is 1. The van der Waals surface area contributed by atoms with Crippen LogP contribution in [0.15, 0.2) is 61.1 Å². The quantitative estimate of drug-likeness (QED) is 0.711. The number of nitrogens with one attached hydrogen (secondary N) is 1. The highest BCUT2D eigenvalue weighted by Gasteiger charge is 2.09. The molecule has 0 radical (unpaired) electrons. The lowest BCUT2D eigenvalue weighted by molar-refractivity contribution is 0.0657. The summed E-state index contributed by atoms with van der Waals surface area (Å²) in [6.07, 6.45) is 5.41. The molecule has 0 atom stereocenters. The van der Waals surface area contributed by atoms with E-state index < -0.39 is 0 Å². The highest BCUT2D eigenvalue weighted by atomic mass is 16.5. The number of ether oxygens (including phenoxy) is 1. The minimum atomic E-state index is -0.128. The molecular formula is C20H22N4O2. The summed E-state index contributed by atoms with van der Waals surface area (Å²) in [6.45, 7) is 4.91. The van der Waals surface area contributed by atoms with Crippen molar-refractivity contribution in [1.82, 2.24) is 20.1 Å². The van der Waals surface area contributed by atoms with Gasteiger partial charge >= 0.3 is 0 Å². The lowest BCUT2D eigenvalue weighted by Gasteiger charge is -2.10. The Hall–Kier alpha value is -2.99. The molecule has 0 saturated carbocycles. The van der Waals surface area contributed by atoms with Gasteiger partial charge in [-0.25, -0.2) is 9.67 Å². The van der Waals surface area contributed by atoms with Crippen LogP contribution in [0.1, 0.15) is 35.3 Å². The van der Waals surface area contributed by atoms with Crippen LogP contribution in [-0.4, -0.2) is 26.8 Å². The van der Waals surface area contributed by atoms with Gasteiger partial charge in [-0.15, -0.1) is 0 Å². The predicted octanol–water partition coefficient (Wildman–Crippen LogP) is 3.12. The number of hydrogen-bond donors (Lipinski definition) is 1. The molecule has 3 aromatic rings. The second-order valence-electron chi connectivity index (χ2n) is 6.18. The first-order valence-electron chi connectivity index (χ1n) is 8.56. The van der Waals surface area contributed by atoms with E-state index in [0.29, 0.717) is 24.5 Å². The van der Waals surface area contributed by atoms with Crippen LogP contribution in [0.25, 0.3) is 5.82 Å². The molecule has 0 bridgehead atoms. The molecular weight excluding hydrogens is 328 g/mol. The molecule has 1 aromatic carbocycles. The molecule has 0 aliphatic heterocycles. The average molecular weight is 350 g/mol. The van der Waals surface area contributed by atoms with E-state index in [2.05, 4.69) is 15.4 Å². The summed E-state index contributed by atoms with van der Waals surface area (Å²) in [7, 11) is 0.